The predicted molar refractivity (Wildman–Crippen MR) is 179 cm³/mol. The fourth-order valence-electron chi connectivity index (χ4n) is 7.95. The Balaban J connectivity index is 1.46. The van der Waals surface area contributed by atoms with Crippen molar-refractivity contribution >= 4 is 33.3 Å². The number of benzene rings is 2. The minimum absolute atomic E-state index is 0.0387. The Labute approximate surface area is 277 Å². The smallest absolute Gasteiger partial charge is 0.335 e. The number of carboxylic acid groups (broad SMARTS) is 1. The van der Waals surface area contributed by atoms with Gasteiger partial charge in [0.2, 0.25) is 10.0 Å². The van der Waals surface area contributed by atoms with Crippen molar-refractivity contribution in [1.82, 2.24) is 0 Å². The van der Waals surface area contributed by atoms with E-state index in [1.165, 1.54) is 6.07 Å². The lowest BCUT2D eigenvalue weighted by molar-refractivity contribution is 0.00591. The normalized spacial score (nSPS) is 25.7. The molecule has 0 amide bonds. The van der Waals surface area contributed by atoms with Crippen molar-refractivity contribution in [3.05, 3.63) is 69.5 Å². The first-order valence-electron chi connectivity index (χ1n) is 16.1. The van der Waals surface area contributed by atoms with Gasteiger partial charge in [-0.15, -0.1) is 0 Å². The third kappa shape index (κ3) is 6.82. The average Bonchev–Trinajstić information content (AvgIpc) is 3.12. The summed E-state index contributed by atoms with van der Waals surface area (Å²) in [6.45, 7) is 8.96. The number of nitrogens with zero attached hydrogens (tertiary/aromatic N) is 1. The summed E-state index contributed by atoms with van der Waals surface area (Å²) < 4.78 is 52.2. The third-order valence-electron chi connectivity index (χ3n) is 10.9. The number of allylic oxidation sites excluding steroid dienone is 1. The van der Waals surface area contributed by atoms with E-state index in [0.29, 0.717) is 35.1 Å². The van der Waals surface area contributed by atoms with E-state index < -0.39 is 26.7 Å². The van der Waals surface area contributed by atoms with Crippen molar-refractivity contribution in [3.63, 3.8) is 0 Å². The van der Waals surface area contributed by atoms with Crippen LogP contribution >= 0.6 is 11.6 Å². The summed E-state index contributed by atoms with van der Waals surface area (Å²) >= 11 is 6.27. The summed E-state index contributed by atoms with van der Waals surface area (Å²) in [5.41, 5.74) is 2.83. The van der Waals surface area contributed by atoms with Gasteiger partial charge in [0.15, 0.2) is 0 Å². The molecule has 0 radical (unpaired) electrons. The fourth-order valence-corrected chi connectivity index (χ4v) is 9.02. The van der Waals surface area contributed by atoms with Gasteiger partial charge in [-0.2, -0.15) is 0 Å². The molecule has 1 aliphatic heterocycles. The van der Waals surface area contributed by atoms with Crippen molar-refractivity contribution < 1.29 is 32.2 Å². The molecule has 1 unspecified atom stereocenters. The van der Waals surface area contributed by atoms with Crippen LogP contribution in [0.1, 0.15) is 74.9 Å². The van der Waals surface area contributed by atoms with Crippen molar-refractivity contribution in [2.45, 2.75) is 76.6 Å². The maximum atomic E-state index is 15.7. The number of carbonyl (C=O) groups is 1. The Kier molecular flexibility index (Phi) is 10.1. The number of rotatable bonds is 10. The number of sulfonamides is 1. The molecule has 46 heavy (non-hydrogen) atoms. The number of methoxy groups -OCH3 is 1. The molecule has 1 fully saturated rings. The molecule has 5 rings (SSSR count). The Morgan fingerprint density at radius 2 is 2.00 bits per heavy atom. The maximum Gasteiger partial charge on any atom is 0.335 e. The van der Waals surface area contributed by atoms with Crippen LogP contribution in [0.2, 0.25) is 5.02 Å². The molecule has 7 atom stereocenters. The van der Waals surface area contributed by atoms with Crippen LogP contribution in [0.25, 0.3) is 0 Å². The number of carboxylic acids is 1. The number of nitrogens with two attached hydrogens (primary N) is 1. The molecular weight excluding hydrogens is 631 g/mol. The van der Waals surface area contributed by atoms with Crippen molar-refractivity contribution in [1.29, 1.82) is 0 Å². The van der Waals surface area contributed by atoms with Crippen LogP contribution in [0.15, 0.2) is 42.0 Å². The van der Waals surface area contributed by atoms with E-state index in [2.05, 4.69) is 11.0 Å². The van der Waals surface area contributed by atoms with E-state index in [4.69, 9.17) is 26.2 Å². The largest absolute Gasteiger partial charge is 0.490 e. The first-order chi connectivity index (χ1) is 21.6. The van der Waals surface area contributed by atoms with Gasteiger partial charge in [-0.25, -0.2) is 22.7 Å². The number of hydrogen-bond acceptors (Lipinski definition) is 6. The monoisotopic (exact) mass is 676 g/mol. The third-order valence-corrected chi connectivity index (χ3v) is 12.6. The van der Waals surface area contributed by atoms with Gasteiger partial charge in [0.25, 0.3) is 0 Å². The van der Waals surface area contributed by atoms with E-state index in [-0.39, 0.29) is 47.8 Å². The number of anilines is 1. The highest BCUT2D eigenvalue weighted by atomic mass is 35.5. The van der Waals surface area contributed by atoms with Gasteiger partial charge in [-0.1, -0.05) is 31.5 Å². The second kappa shape index (κ2) is 13.5. The zero-order valence-electron chi connectivity index (χ0n) is 27.3. The standard InChI is InChI=1S/C35H46ClFN2O6S/c1-20(22(3)23(4)46(38,42)43)13-21(2)33(44-5)28-10-8-26(28)17-39-18-35(12-6-7-24-14-27(36)16-29(37)32(24)35)19-45-31-11-9-25(34(40)41)15-30(31)39/h9,11,13-16,20,22-23,26,28,33H,6-8,10,12,17-19H2,1-5H3,(H,40,41)(H2,38,42,43)/b21-13+/t20?,22-,23+,26-,28+,33-,35-/m0/s1. The first-order valence-corrected chi connectivity index (χ1v) is 18.1. The summed E-state index contributed by atoms with van der Waals surface area (Å²) in [5.74, 6) is -0.564. The molecule has 1 spiro atoms. The van der Waals surface area contributed by atoms with Gasteiger partial charge in [0.1, 0.15) is 11.6 Å². The van der Waals surface area contributed by atoms with E-state index >= 15 is 4.39 Å². The van der Waals surface area contributed by atoms with Crippen LogP contribution in [0.4, 0.5) is 10.1 Å². The molecule has 11 heteroatoms. The van der Waals surface area contributed by atoms with Crippen molar-refractivity contribution in [2.24, 2.45) is 28.8 Å². The zero-order valence-corrected chi connectivity index (χ0v) is 28.8. The Hall–Kier alpha value is -2.66. The molecule has 1 saturated carbocycles. The quantitative estimate of drug-likeness (QED) is 0.273. The van der Waals surface area contributed by atoms with Crippen molar-refractivity contribution in [3.8, 4) is 5.75 Å². The molecule has 0 bridgehead atoms. The van der Waals surface area contributed by atoms with Crippen LogP contribution in [0, 0.1) is 29.5 Å². The molecule has 2 aromatic rings. The van der Waals surface area contributed by atoms with Gasteiger partial charge >= 0.3 is 5.97 Å². The molecule has 3 N–H and O–H groups in total. The summed E-state index contributed by atoms with van der Waals surface area (Å²) in [4.78, 5) is 14.2. The van der Waals surface area contributed by atoms with Crippen molar-refractivity contribution in [2.75, 3.05) is 31.7 Å². The van der Waals surface area contributed by atoms with Crippen LogP contribution in [0.5, 0.6) is 5.75 Å². The number of hydrogen-bond donors (Lipinski definition) is 2. The second-order valence-electron chi connectivity index (χ2n) is 13.8. The molecule has 1 heterocycles. The minimum atomic E-state index is -3.66. The zero-order chi connectivity index (χ0) is 33.6. The average molecular weight is 677 g/mol. The van der Waals surface area contributed by atoms with E-state index in [1.54, 1.807) is 32.2 Å². The van der Waals surface area contributed by atoms with Crippen LogP contribution in [-0.4, -0.2) is 57.7 Å². The molecule has 0 aromatic heterocycles. The molecular formula is C35H46ClFN2O6S. The summed E-state index contributed by atoms with van der Waals surface area (Å²) in [7, 11) is -1.96. The molecule has 8 nitrogen and oxygen atoms in total. The lowest BCUT2D eigenvalue weighted by Gasteiger charge is -2.46. The molecule has 3 aliphatic rings. The number of halogens is 2. The SMILES string of the molecule is CO[C@@H](/C(C)=C/C(C)[C@H](C)[C@@H](C)S(N)(=O)=O)[C@@H]1CC[C@H]1CN1C[C@@]2(CCCc3cc(Cl)cc(F)c32)COc2ccc(C(=O)O)cc21. The fraction of sp³-hybridized carbons (Fsp3) is 0.571. The lowest BCUT2D eigenvalue weighted by atomic mass is 9.67. The number of aryl methyl sites for hydroxylation is 1. The number of ether oxygens (including phenoxy) is 2. The number of fused-ring (bicyclic) bond motifs is 3. The highest BCUT2D eigenvalue weighted by Crippen LogP contribution is 2.48. The van der Waals surface area contributed by atoms with E-state index in [9.17, 15) is 18.3 Å². The summed E-state index contributed by atoms with van der Waals surface area (Å²) in [6, 6.07) is 8.16. The first kappa shape index (κ1) is 34.7. The highest BCUT2D eigenvalue weighted by molar-refractivity contribution is 7.89. The van der Waals surface area contributed by atoms with Gasteiger partial charge in [0.05, 0.1) is 34.6 Å². The molecule has 2 aromatic carbocycles. The number of primary sulfonamides is 1. The predicted octanol–water partition coefficient (Wildman–Crippen LogP) is 6.59. The lowest BCUT2D eigenvalue weighted by Crippen LogP contribution is -2.50. The van der Waals surface area contributed by atoms with Crippen LogP contribution in [-0.2, 0) is 26.6 Å². The van der Waals surface area contributed by atoms with Gasteiger partial charge in [0, 0.05) is 30.8 Å². The van der Waals surface area contributed by atoms with Gasteiger partial charge < -0.3 is 19.5 Å². The molecule has 252 valence electrons. The Morgan fingerprint density at radius 3 is 2.63 bits per heavy atom. The summed E-state index contributed by atoms with van der Waals surface area (Å²) in [6.07, 6.45) is 6.19. The molecule has 0 saturated heterocycles. The van der Waals surface area contributed by atoms with Gasteiger partial charge in [-0.3, -0.25) is 0 Å². The highest BCUT2D eigenvalue weighted by Gasteiger charge is 2.46. The van der Waals surface area contributed by atoms with Crippen LogP contribution in [0.3, 0.4) is 0 Å². The van der Waals surface area contributed by atoms with Crippen LogP contribution < -0.4 is 14.8 Å². The van der Waals surface area contributed by atoms with E-state index in [0.717, 1.165) is 43.2 Å². The minimum Gasteiger partial charge on any atom is -0.490 e. The topological polar surface area (TPSA) is 119 Å². The second-order valence-corrected chi connectivity index (χ2v) is 16.2. The maximum absolute atomic E-state index is 15.7. The Morgan fingerprint density at radius 1 is 1.26 bits per heavy atom. The van der Waals surface area contributed by atoms with E-state index in [1.807, 2.05) is 26.8 Å². The molecule has 2 aliphatic carbocycles. The Bertz CT molecular complexity index is 1620. The number of aromatic carboxylic acids is 1. The summed E-state index contributed by atoms with van der Waals surface area (Å²) in [5, 5.41) is 15.0. The van der Waals surface area contributed by atoms with Gasteiger partial charge in [-0.05, 0) is 111 Å².